The molecule has 0 radical (unpaired) electrons. The van der Waals surface area contributed by atoms with E-state index >= 15 is 0 Å². The minimum atomic E-state index is -0.339. The van der Waals surface area contributed by atoms with Crippen molar-refractivity contribution in [1.29, 1.82) is 0 Å². The Hall–Kier alpha value is -2.29. The summed E-state index contributed by atoms with van der Waals surface area (Å²) in [7, 11) is 0. The van der Waals surface area contributed by atoms with Gasteiger partial charge >= 0.3 is 0 Å². The number of aromatic nitrogens is 3. The van der Waals surface area contributed by atoms with Gasteiger partial charge in [-0.2, -0.15) is 0 Å². The SMILES string of the molecule is CCN[C@H](C)CNC(=O)c1nc(-c2cccs2)n(-c2ccc(F)cc2)n1.Cl. The van der Waals surface area contributed by atoms with E-state index in [0.717, 1.165) is 11.4 Å². The van der Waals surface area contributed by atoms with Gasteiger partial charge in [0.25, 0.3) is 5.91 Å². The van der Waals surface area contributed by atoms with Crippen LogP contribution in [0.4, 0.5) is 4.39 Å². The summed E-state index contributed by atoms with van der Waals surface area (Å²) in [5.74, 6) is -0.0340. The van der Waals surface area contributed by atoms with E-state index < -0.39 is 0 Å². The van der Waals surface area contributed by atoms with E-state index in [2.05, 4.69) is 20.7 Å². The zero-order valence-corrected chi connectivity index (χ0v) is 16.6. The number of thiophene rings is 1. The number of carbonyl (C=O) groups excluding carboxylic acids is 1. The average molecular weight is 410 g/mol. The highest BCUT2D eigenvalue weighted by Gasteiger charge is 2.19. The van der Waals surface area contributed by atoms with Crippen molar-refractivity contribution in [3.05, 3.63) is 53.4 Å². The molecule has 27 heavy (non-hydrogen) atoms. The molecule has 9 heteroatoms. The van der Waals surface area contributed by atoms with Gasteiger partial charge in [-0.15, -0.1) is 28.8 Å². The lowest BCUT2D eigenvalue weighted by Crippen LogP contribution is -2.39. The molecular formula is C18H21ClFN5OS. The van der Waals surface area contributed by atoms with Crippen LogP contribution in [-0.2, 0) is 0 Å². The van der Waals surface area contributed by atoms with Crippen LogP contribution in [-0.4, -0.2) is 39.8 Å². The second-order valence-corrected chi connectivity index (χ2v) is 6.74. The Morgan fingerprint density at radius 2 is 2.04 bits per heavy atom. The van der Waals surface area contributed by atoms with Crippen LogP contribution in [0.1, 0.15) is 24.5 Å². The van der Waals surface area contributed by atoms with Gasteiger partial charge in [-0.25, -0.2) is 14.1 Å². The lowest BCUT2D eigenvalue weighted by molar-refractivity contribution is 0.0940. The summed E-state index contributed by atoms with van der Waals surface area (Å²) in [5.41, 5.74) is 0.641. The first-order valence-corrected chi connectivity index (χ1v) is 9.25. The lowest BCUT2D eigenvalue weighted by Gasteiger charge is -2.11. The maximum absolute atomic E-state index is 13.2. The van der Waals surface area contributed by atoms with Crippen molar-refractivity contribution < 1.29 is 9.18 Å². The first-order chi connectivity index (χ1) is 12.6. The van der Waals surface area contributed by atoms with Gasteiger partial charge in [0.15, 0.2) is 5.82 Å². The third-order valence-corrected chi connectivity index (χ3v) is 4.61. The molecule has 0 fully saturated rings. The molecule has 0 aliphatic carbocycles. The smallest absolute Gasteiger partial charge is 0.291 e. The Kier molecular flexibility index (Phi) is 7.46. The molecule has 3 rings (SSSR count). The molecule has 0 unspecified atom stereocenters. The molecule has 2 aromatic heterocycles. The van der Waals surface area contributed by atoms with E-state index in [0.29, 0.717) is 18.1 Å². The van der Waals surface area contributed by atoms with Crippen LogP contribution < -0.4 is 10.6 Å². The molecule has 144 valence electrons. The topological polar surface area (TPSA) is 71.8 Å². The molecule has 1 atom stereocenters. The molecule has 2 N–H and O–H groups in total. The molecular weight excluding hydrogens is 389 g/mol. The van der Waals surface area contributed by atoms with E-state index in [4.69, 9.17) is 0 Å². The summed E-state index contributed by atoms with van der Waals surface area (Å²) in [6.45, 7) is 5.31. The van der Waals surface area contributed by atoms with Crippen LogP contribution in [0.3, 0.4) is 0 Å². The molecule has 0 bridgehead atoms. The van der Waals surface area contributed by atoms with Crippen molar-refractivity contribution in [3.8, 4) is 16.4 Å². The second kappa shape index (κ2) is 9.59. The van der Waals surface area contributed by atoms with E-state index in [1.165, 1.54) is 23.5 Å². The van der Waals surface area contributed by atoms with E-state index in [1.807, 2.05) is 31.4 Å². The Balaban J connectivity index is 0.00000261. The van der Waals surface area contributed by atoms with Crippen molar-refractivity contribution in [2.75, 3.05) is 13.1 Å². The Morgan fingerprint density at radius 1 is 1.30 bits per heavy atom. The van der Waals surface area contributed by atoms with Gasteiger partial charge in [-0.3, -0.25) is 4.79 Å². The molecule has 0 aliphatic heterocycles. The first kappa shape index (κ1) is 21.0. The Morgan fingerprint density at radius 3 is 2.67 bits per heavy atom. The summed E-state index contributed by atoms with van der Waals surface area (Å²) in [6.07, 6.45) is 0. The van der Waals surface area contributed by atoms with E-state index in [9.17, 15) is 9.18 Å². The summed E-state index contributed by atoms with van der Waals surface area (Å²) >= 11 is 1.50. The number of hydrogen-bond acceptors (Lipinski definition) is 5. The third kappa shape index (κ3) is 5.12. The van der Waals surface area contributed by atoms with Crippen molar-refractivity contribution >= 4 is 29.7 Å². The van der Waals surface area contributed by atoms with Gasteiger partial charge in [0.1, 0.15) is 5.82 Å². The minimum absolute atomic E-state index is 0. The number of nitrogens with one attached hydrogen (secondary N) is 2. The van der Waals surface area contributed by atoms with Crippen LogP contribution in [0.5, 0.6) is 0 Å². The Labute approximate surface area is 167 Å². The summed E-state index contributed by atoms with van der Waals surface area (Å²) in [6, 6.07) is 9.89. The van der Waals surface area contributed by atoms with Crippen LogP contribution >= 0.6 is 23.7 Å². The number of hydrogen-bond donors (Lipinski definition) is 2. The third-order valence-electron chi connectivity index (χ3n) is 3.74. The highest BCUT2D eigenvalue weighted by molar-refractivity contribution is 7.13. The maximum Gasteiger partial charge on any atom is 0.291 e. The van der Waals surface area contributed by atoms with Crippen LogP contribution in [0.2, 0.25) is 0 Å². The number of amides is 1. The van der Waals surface area contributed by atoms with Gasteiger partial charge in [0.2, 0.25) is 5.82 Å². The van der Waals surface area contributed by atoms with Gasteiger partial charge in [0.05, 0.1) is 10.6 Å². The normalized spacial score (nSPS) is 11.7. The molecule has 1 aromatic carbocycles. The van der Waals surface area contributed by atoms with Crippen LogP contribution in [0.15, 0.2) is 41.8 Å². The number of carbonyl (C=O) groups is 1. The standard InChI is InChI=1S/C18H20FN5OS.ClH/c1-3-20-12(2)11-21-18(25)16-22-17(15-5-4-10-26-15)24(23-16)14-8-6-13(19)7-9-14;/h4-10,12,20H,3,11H2,1-2H3,(H,21,25);1H/t12-;/m1./s1. The van der Waals surface area contributed by atoms with Crippen LogP contribution in [0, 0.1) is 5.82 Å². The second-order valence-electron chi connectivity index (χ2n) is 5.79. The highest BCUT2D eigenvalue weighted by Crippen LogP contribution is 2.25. The Bertz CT molecular complexity index is 867. The molecule has 3 aromatic rings. The fourth-order valence-corrected chi connectivity index (χ4v) is 3.18. The molecule has 0 saturated heterocycles. The molecule has 0 aliphatic rings. The molecule has 0 spiro atoms. The van der Waals surface area contributed by atoms with E-state index in [1.54, 1.807) is 16.8 Å². The number of benzene rings is 1. The quantitative estimate of drug-likeness (QED) is 0.628. The maximum atomic E-state index is 13.2. The van der Waals surface area contributed by atoms with Gasteiger partial charge in [-0.05, 0) is 49.2 Å². The largest absolute Gasteiger partial charge is 0.348 e. The van der Waals surface area contributed by atoms with Crippen molar-refractivity contribution in [2.24, 2.45) is 0 Å². The van der Waals surface area contributed by atoms with Crippen molar-refractivity contribution in [3.63, 3.8) is 0 Å². The summed E-state index contributed by atoms with van der Waals surface area (Å²) in [5, 5.41) is 12.3. The first-order valence-electron chi connectivity index (χ1n) is 8.37. The van der Waals surface area contributed by atoms with Gasteiger partial charge in [0, 0.05) is 12.6 Å². The number of likely N-dealkylation sites (N-methyl/N-ethyl adjacent to an activating group) is 1. The zero-order chi connectivity index (χ0) is 18.5. The fourth-order valence-electron chi connectivity index (χ4n) is 2.48. The molecule has 6 nitrogen and oxygen atoms in total. The molecule has 0 saturated carbocycles. The predicted octanol–water partition coefficient (Wildman–Crippen LogP) is 3.28. The number of halogens is 2. The van der Waals surface area contributed by atoms with E-state index in [-0.39, 0.29) is 36.0 Å². The zero-order valence-electron chi connectivity index (χ0n) is 15.0. The van der Waals surface area contributed by atoms with Gasteiger partial charge < -0.3 is 10.6 Å². The van der Waals surface area contributed by atoms with Crippen molar-refractivity contribution in [1.82, 2.24) is 25.4 Å². The predicted molar refractivity (Wildman–Crippen MR) is 107 cm³/mol. The lowest BCUT2D eigenvalue weighted by atomic mass is 10.3. The summed E-state index contributed by atoms with van der Waals surface area (Å²) in [4.78, 5) is 17.7. The average Bonchev–Trinajstić information content (AvgIpc) is 3.30. The van der Waals surface area contributed by atoms with Gasteiger partial charge in [-0.1, -0.05) is 13.0 Å². The number of rotatable bonds is 7. The fraction of sp³-hybridized carbons (Fsp3) is 0.278. The van der Waals surface area contributed by atoms with Crippen molar-refractivity contribution in [2.45, 2.75) is 19.9 Å². The minimum Gasteiger partial charge on any atom is -0.348 e. The highest BCUT2D eigenvalue weighted by atomic mass is 35.5. The summed E-state index contributed by atoms with van der Waals surface area (Å²) < 4.78 is 14.8. The van der Waals surface area contributed by atoms with Crippen LogP contribution in [0.25, 0.3) is 16.4 Å². The monoisotopic (exact) mass is 409 g/mol. The molecule has 1 amide bonds. The molecule has 2 heterocycles. The number of nitrogens with zero attached hydrogens (tertiary/aromatic N) is 3.